The minimum atomic E-state index is -3.60. The molecule has 0 amide bonds. The zero-order valence-electron chi connectivity index (χ0n) is 18.1. The molecule has 6 nitrogen and oxygen atoms in total. The van der Waals surface area contributed by atoms with Gasteiger partial charge in [0.2, 0.25) is 10.0 Å². The Hall–Kier alpha value is -1.83. The van der Waals surface area contributed by atoms with E-state index in [1.54, 1.807) is 4.31 Å². The maximum atomic E-state index is 13.1. The van der Waals surface area contributed by atoms with Crippen LogP contribution in [-0.4, -0.2) is 44.9 Å². The van der Waals surface area contributed by atoms with Crippen LogP contribution in [0.1, 0.15) is 32.3 Å². The molecule has 8 heteroatoms. The molecule has 1 aliphatic heterocycles. The van der Waals surface area contributed by atoms with Gasteiger partial charge >= 0.3 is 0 Å². The summed E-state index contributed by atoms with van der Waals surface area (Å²) in [5, 5.41) is 3.53. The molecular formula is C22H31ClN4O2S. The Morgan fingerprint density at radius 1 is 1.30 bits per heavy atom. The smallest absolute Gasteiger partial charge is 0.244 e. The first kappa shape index (κ1) is 22.8. The van der Waals surface area contributed by atoms with Gasteiger partial charge in [-0.25, -0.2) is 13.4 Å². The first-order chi connectivity index (χ1) is 14.2. The van der Waals surface area contributed by atoms with Gasteiger partial charge in [0.1, 0.15) is 10.7 Å². The third kappa shape index (κ3) is 5.07. The van der Waals surface area contributed by atoms with Crippen molar-refractivity contribution in [2.75, 3.05) is 37.4 Å². The predicted octanol–water partition coefficient (Wildman–Crippen LogP) is 4.47. The molecule has 1 aromatic heterocycles. The van der Waals surface area contributed by atoms with E-state index >= 15 is 0 Å². The molecule has 0 aliphatic carbocycles. The standard InChI is InChI=1S/C22H31ClN4O2S/c1-16(2)18-9-7-11-27(15-18)30(28,29)19-12-20(23)22(25-14-19)24-13-17-8-5-6-10-21(17)26(3)4/h5-6,8,10,12,14,16,18H,7,9,11,13,15H2,1-4H3,(H,24,25). The van der Waals surface area contributed by atoms with E-state index in [0.29, 0.717) is 42.3 Å². The zero-order valence-corrected chi connectivity index (χ0v) is 19.7. The van der Waals surface area contributed by atoms with Gasteiger partial charge in [0.25, 0.3) is 0 Å². The molecule has 0 saturated carbocycles. The van der Waals surface area contributed by atoms with Crippen LogP contribution in [-0.2, 0) is 16.6 Å². The molecule has 1 saturated heterocycles. The van der Waals surface area contributed by atoms with Gasteiger partial charge in [-0.05, 0) is 42.4 Å². The highest BCUT2D eigenvalue weighted by Crippen LogP contribution is 2.30. The molecule has 1 fully saturated rings. The lowest BCUT2D eigenvalue weighted by Gasteiger charge is -2.33. The molecule has 30 heavy (non-hydrogen) atoms. The van der Waals surface area contributed by atoms with Gasteiger partial charge in [0.05, 0.1) is 5.02 Å². The van der Waals surface area contributed by atoms with Crippen molar-refractivity contribution in [3.63, 3.8) is 0 Å². The van der Waals surface area contributed by atoms with Crippen LogP contribution in [0, 0.1) is 11.8 Å². The fraction of sp³-hybridized carbons (Fsp3) is 0.500. The third-order valence-electron chi connectivity index (χ3n) is 5.74. The second kappa shape index (κ2) is 9.54. The van der Waals surface area contributed by atoms with Crippen LogP contribution in [0.4, 0.5) is 11.5 Å². The van der Waals surface area contributed by atoms with E-state index in [9.17, 15) is 8.42 Å². The van der Waals surface area contributed by atoms with Crippen LogP contribution < -0.4 is 10.2 Å². The molecule has 1 aromatic carbocycles. The van der Waals surface area contributed by atoms with Crippen molar-refractivity contribution < 1.29 is 8.42 Å². The summed E-state index contributed by atoms with van der Waals surface area (Å²) in [5.41, 5.74) is 2.20. The molecule has 1 unspecified atom stereocenters. The Balaban J connectivity index is 1.75. The van der Waals surface area contributed by atoms with Crippen LogP contribution in [0.3, 0.4) is 0 Å². The van der Waals surface area contributed by atoms with E-state index in [4.69, 9.17) is 11.6 Å². The SMILES string of the molecule is CC(C)C1CCCN(S(=O)(=O)c2cnc(NCc3ccccc3N(C)C)c(Cl)c2)C1. The number of nitrogens with zero attached hydrogens (tertiary/aromatic N) is 3. The minimum Gasteiger partial charge on any atom is -0.377 e. The summed E-state index contributed by atoms with van der Waals surface area (Å²) in [6, 6.07) is 9.57. The summed E-state index contributed by atoms with van der Waals surface area (Å²) in [6.45, 7) is 5.93. The molecule has 3 rings (SSSR count). The lowest BCUT2D eigenvalue weighted by atomic mass is 9.89. The van der Waals surface area contributed by atoms with E-state index in [-0.39, 0.29) is 4.90 Å². The van der Waals surface area contributed by atoms with Gasteiger partial charge in [0.15, 0.2) is 0 Å². The summed E-state index contributed by atoms with van der Waals surface area (Å²) in [5.74, 6) is 1.32. The van der Waals surface area contributed by atoms with Crippen LogP contribution in [0.15, 0.2) is 41.4 Å². The third-order valence-corrected chi connectivity index (χ3v) is 7.86. The van der Waals surface area contributed by atoms with Gasteiger partial charge in [-0.2, -0.15) is 4.31 Å². The van der Waals surface area contributed by atoms with Gasteiger partial charge in [-0.1, -0.05) is 43.6 Å². The number of hydrogen-bond donors (Lipinski definition) is 1. The van der Waals surface area contributed by atoms with Crippen molar-refractivity contribution in [1.29, 1.82) is 0 Å². The fourth-order valence-electron chi connectivity index (χ4n) is 3.85. The van der Waals surface area contributed by atoms with Crippen molar-refractivity contribution in [3.8, 4) is 0 Å². The number of para-hydroxylation sites is 1. The molecule has 164 valence electrons. The number of nitrogens with one attached hydrogen (secondary N) is 1. The average Bonchev–Trinajstić information content (AvgIpc) is 2.73. The zero-order chi connectivity index (χ0) is 21.9. The molecule has 2 heterocycles. The van der Waals surface area contributed by atoms with E-state index in [2.05, 4.69) is 24.1 Å². The maximum absolute atomic E-state index is 13.1. The highest BCUT2D eigenvalue weighted by Gasteiger charge is 2.32. The van der Waals surface area contributed by atoms with Crippen LogP contribution in [0.2, 0.25) is 5.02 Å². The Bertz CT molecular complexity index is 979. The number of piperidine rings is 1. The average molecular weight is 451 g/mol. The van der Waals surface area contributed by atoms with Crippen molar-refractivity contribution in [2.24, 2.45) is 11.8 Å². The Morgan fingerprint density at radius 2 is 2.03 bits per heavy atom. The molecule has 2 aromatic rings. The summed E-state index contributed by atoms with van der Waals surface area (Å²) in [4.78, 5) is 6.52. The van der Waals surface area contributed by atoms with E-state index in [1.165, 1.54) is 12.3 Å². The fourth-order valence-corrected chi connectivity index (χ4v) is 5.66. The van der Waals surface area contributed by atoms with Crippen molar-refractivity contribution in [3.05, 3.63) is 47.1 Å². The number of rotatable bonds is 7. The Labute approximate surface area is 185 Å². The number of benzene rings is 1. The molecule has 0 bridgehead atoms. The number of aromatic nitrogens is 1. The molecule has 1 aliphatic rings. The predicted molar refractivity (Wildman–Crippen MR) is 124 cm³/mol. The molecule has 0 spiro atoms. The number of pyridine rings is 1. The highest BCUT2D eigenvalue weighted by atomic mass is 35.5. The molecule has 1 atom stereocenters. The number of hydrogen-bond acceptors (Lipinski definition) is 5. The highest BCUT2D eigenvalue weighted by molar-refractivity contribution is 7.89. The summed E-state index contributed by atoms with van der Waals surface area (Å²) >= 11 is 6.40. The van der Waals surface area contributed by atoms with Gasteiger partial charge in [-0.3, -0.25) is 0 Å². The van der Waals surface area contributed by atoms with Crippen molar-refractivity contribution >= 4 is 33.1 Å². The van der Waals surface area contributed by atoms with Crippen molar-refractivity contribution in [1.82, 2.24) is 9.29 Å². The van der Waals surface area contributed by atoms with Gasteiger partial charge < -0.3 is 10.2 Å². The van der Waals surface area contributed by atoms with Crippen molar-refractivity contribution in [2.45, 2.75) is 38.1 Å². The maximum Gasteiger partial charge on any atom is 0.244 e. The summed E-state index contributed by atoms with van der Waals surface area (Å²) < 4.78 is 27.8. The quantitative estimate of drug-likeness (QED) is 0.674. The number of halogens is 1. The largest absolute Gasteiger partial charge is 0.377 e. The Kier molecular flexibility index (Phi) is 7.26. The molecule has 1 N–H and O–H groups in total. The van der Waals surface area contributed by atoms with E-state index in [1.807, 2.05) is 43.3 Å². The van der Waals surface area contributed by atoms with Crippen LogP contribution in [0.25, 0.3) is 0 Å². The van der Waals surface area contributed by atoms with Gasteiger partial charge in [-0.15, -0.1) is 0 Å². The van der Waals surface area contributed by atoms with Crippen LogP contribution in [0.5, 0.6) is 0 Å². The minimum absolute atomic E-state index is 0.149. The Morgan fingerprint density at radius 3 is 2.70 bits per heavy atom. The van der Waals surface area contributed by atoms with Crippen LogP contribution >= 0.6 is 11.6 Å². The summed E-state index contributed by atoms with van der Waals surface area (Å²) in [6.07, 6.45) is 3.36. The van der Waals surface area contributed by atoms with E-state index < -0.39 is 10.0 Å². The molecular weight excluding hydrogens is 420 g/mol. The summed E-state index contributed by atoms with van der Waals surface area (Å²) in [7, 11) is 0.388. The van der Waals surface area contributed by atoms with Gasteiger partial charge in [0, 0.05) is 45.6 Å². The number of sulfonamides is 1. The van der Waals surface area contributed by atoms with E-state index in [0.717, 1.165) is 24.1 Å². The monoisotopic (exact) mass is 450 g/mol. The normalized spacial score (nSPS) is 17.9. The number of anilines is 2. The second-order valence-electron chi connectivity index (χ2n) is 8.39. The lowest BCUT2D eigenvalue weighted by Crippen LogP contribution is -2.41. The molecule has 0 radical (unpaired) electrons. The topological polar surface area (TPSA) is 65.5 Å². The lowest BCUT2D eigenvalue weighted by molar-refractivity contribution is 0.219. The second-order valence-corrected chi connectivity index (χ2v) is 10.7. The first-order valence-electron chi connectivity index (χ1n) is 10.3. The first-order valence-corrected chi connectivity index (χ1v) is 12.2.